The number of carbonyl (C=O) groups is 2. The summed E-state index contributed by atoms with van der Waals surface area (Å²) in [6.45, 7) is 0. The van der Waals surface area contributed by atoms with Crippen LogP contribution in [0.4, 0.5) is 17.6 Å². The van der Waals surface area contributed by atoms with Gasteiger partial charge in [-0.3, -0.25) is 9.59 Å². The minimum atomic E-state index is -4.66. The van der Waals surface area contributed by atoms with Crippen LogP contribution in [0.5, 0.6) is 0 Å². The summed E-state index contributed by atoms with van der Waals surface area (Å²) in [6.07, 6.45) is 9.05. The Morgan fingerprint density at radius 2 is 1.77 bits per heavy atom. The lowest BCUT2D eigenvalue weighted by Gasteiger charge is -2.33. The third kappa shape index (κ3) is 6.52. The Balaban J connectivity index is 1.30. The van der Waals surface area contributed by atoms with Crippen LogP contribution in [0.25, 0.3) is 0 Å². The van der Waals surface area contributed by atoms with Crippen molar-refractivity contribution >= 4 is 11.7 Å². The Morgan fingerprint density at radius 1 is 1.03 bits per heavy atom. The van der Waals surface area contributed by atoms with Gasteiger partial charge in [0.2, 0.25) is 5.91 Å². The fourth-order valence-electron chi connectivity index (χ4n) is 7.82. The summed E-state index contributed by atoms with van der Waals surface area (Å²) in [6, 6.07) is 1.95. The number of fused-ring (bicyclic) bond motifs is 4. The second-order valence-corrected chi connectivity index (χ2v) is 13.0. The van der Waals surface area contributed by atoms with Gasteiger partial charge >= 0.3 is 6.18 Å². The lowest BCUT2D eigenvalue weighted by molar-refractivity contribution is -0.137. The fraction of sp³-hybridized carbons (Fsp3) is 0.742. The van der Waals surface area contributed by atoms with Crippen molar-refractivity contribution in [2.45, 2.75) is 120 Å². The summed E-state index contributed by atoms with van der Waals surface area (Å²) in [5.74, 6) is 0.397. The third-order valence-electron chi connectivity index (χ3n) is 10.2. The monoisotopic (exact) mass is 550 g/mol. The minimum Gasteiger partial charge on any atom is -0.346 e. The SMILES string of the molecule is NC1CC2CCC(C1)C(CC(=O)C(CCC1CCCCC1)NC(=O)C1(c3ccc(C(F)(F)F)cc3F)CC1)C2. The van der Waals surface area contributed by atoms with Crippen LogP contribution < -0.4 is 11.1 Å². The molecule has 1 aromatic rings. The van der Waals surface area contributed by atoms with Crippen molar-refractivity contribution in [1.82, 2.24) is 5.32 Å². The molecule has 0 saturated heterocycles. The van der Waals surface area contributed by atoms with Crippen LogP contribution in [0.15, 0.2) is 18.2 Å². The Labute approximate surface area is 228 Å². The van der Waals surface area contributed by atoms with Gasteiger partial charge in [0.1, 0.15) is 5.82 Å². The molecule has 5 aliphatic carbocycles. The maximum atomic E-state index is 14.9. The highest BCUT2D eigenvalue weighted by Crippen LogP contribution is 2.50. The maximum Gasteiger partial charge on any atom is 0.416 e. The van der Waals surface area contributed by atoms with Gasteiger partial charge in [-0.25, -0.2) is 4.39 Å². The highest BCUT2D eigenvalue weighted by Gasteiger charge is 2.54. The molecule has 5 saturated carbocycles. The summed E-state index contributed by atoms with van der Waals surface area (Å²) in [7, 11) is 0. The first-order valence-corrected chi connectivity index (χ1v) is 15.0. The smallest absolute Gasteiger partial charge is 0.346 e. The highest BCUT2D eigenvalue weighted by molar-refractivity contribution is 5.95. The second-order valence-electron chi connectivity index (χ2n) is 13.0. The molecule has 3 N–H and O–H groups in total. The second kappa shape index (κ2) is 11.5. The molecule has 1 aromatic carbocycles. The van der Waals surface area contributed by atoms with Gasteiger partial charge in [-0.2, -0.15) is 13.2 Å². The summed E-state index contributed by atoms with van der Waals surface area (Å²) < 4.78 is 54.1. The number of rotatable bonds is 9. The van der Waals surface area contributed by atoms with Crippen molar-refractivity contribution in [3.05, 3.63) is 35.1 Å². The van der Waals surface area contributed by atoms with Gasteiger partial charge in [-0.1, -0.05) is 44.6 Å². The number of hydrogen-bond acceptors (Lipinski definition) is 3. The van der Waals surface area contributed by atoms with Gasteiger partial charge in [0, 0.05) is 18.0 Å². The van der Waals surface area contributed by atoms with Gasteiger partial charge in [0.05, 0.1) is 17.0 Å². The van der Waals surface area contributed by atoms with E-state index in [1.165, 1.54) is 25.7 Å². The summed E-state index contributed by atoms with van der Waals surface area (Å²) in [4.78, 5) is 27.3. The zero-order valence-corrected chi connectivity index (χ0v) is 22.7. The predicted molar refractivity (Wildman–Crippen MR) is 141 cm³/mol. The quantitative estimate of drug-likeness (QED) is 0.331. The van der Waals surface area contributed by atoms with Crippen LogP contribution in [-0.2, 0) is 21.2 Å². The molecule has 0 heterocycles. The topological polar surface area (TPSA) is 72.2 Å². The highest BCUT2D eigenvalue weighted by atomic mass is 19.4. The van der Waals surface area contributed by atoms with E-state index in [0.29, 0.717) is 49.5 Å². The molecule has 216 valence electrons. The van der Waals surface area contributed by atoms with E-state index < -0.39 is 34.9 Å². The summed E-state index contributed by atoms with van der Waals surface area (Å²) >= 11 is 0. The first kappa shape index (κ1) is 28.6. The number of ketones is 1. The molecule has 6 rings (SSSR count). The number of Topliss-reactive ketones (excluding diaryl/α,β-unsaturated/α-hetero) is 1. The first-order chi connectivity index (χ1) is 18.5. The number of benzene rings is 1. The van der Waals surface area contributed by atoms with Crippen molar-refractivity contribution in [2.75, 3.05) is 0 Å². The summed E-state index contributed by atoms with van der Waals surface area (Å²) in [5, 5.41) is 2.99. The van der Waals surface area contributed by atoms with Crippen molar-refractivity contribution < 1.29 is 27.2 Å². The molecular formula is C31H42F4N2O2. The van der Waals surface area contributed by atoms with E-state index in [1.54, 1.807) is 0 Å². The van der Waals surface area contributed by atoms with Crippen molar-refractivity contribution in [2.24, 2.45) is 29.4 Å². The Kier molecular flexibility index (Phi) is 8.42. The molecule has 0 radical (unpaired) electrons. The number of hydrogen-bond donors (Lipinski definition) is 2. The lowest BCUT2D eigenvalue weighted by Crippen LogP contribution is -2.47. The first-order valence-electron chi connectivity index (χ1n) is 15.0. The normalized spacial score (nSPS) is 29.5. The van der Waals surface area contributed by atoms with Crippen molar-refractivity contribution in [1.29, 1.82) is 0 Å². The number of carbonyl (C=O) groups excluding carboxylic acids is 2. The standard InChI is InChI=1S/C31H42F4N2O2/c32-26-18-23(31(33,34)35)9-10-25(26)30(12-13-30)29(39)37-27(11-7-19-4-2-1-3-5-19)28(38)17-22-14-20-6-8-21(22)16-24(36)15-20/h9-10,18-22,24,27H,1-8,11-17,36H2,(H,37,39). The Bertz CT molecular complexity index is 1050. The summed E-state index contributed by atoms with van der Waals surface area (Å²) in [5.41, 5.74) is 4.04. The van der Waals surface area contributed by atoms with Gasteiger partial charge in [-0.15, -0.1) is 0 Å². The van der Waals surface area contributed by atoms with E-state index in [2.05, 4.69) is 5.32 Å². The van der Waals surface area contributed by atoms with E-state index in [-0.39, 0.29) is 23.3 Å². The third-order valence-corrected chi connectivity index (χ3v) is 10.2. The number of halogens is 4. The van der Waals surface area contributed by atoms with Crippen molar-refractivity contribution in [3.8, 4) is 0 Å². The van der Waals surface area contributed by atoms with Gasteiger partial charge in [0.25, 0.3) is 0 Å². The van der Waals surface area contributed by atoms with E-state index in [1.807, 2.05) is 0 Å². The van der Waals surface area contributed by atoms with E-state index in [4.69, 9.17) is 5.73 Å². The lowest BCUT2D eigenvalue weighted by atomic mass is 9.72. The molecular weight excluding hydrogens is 508 g/mol. The zero-order chi connectivity index (χ0) is 27.8. The molecule has 0 aliphatic heterocycles. The van der Waals surface area contributed by atoms with Crippen LogP contribution >= 0.6 is 0 Å². The number of alkyl halides is 3. The van der Waals surface area contributed by atoms with Gasteiger partial charge in [-0.05, 0) is 87.2 Å². The molecule has 5 fully saturated rings. The molecule has 5 atom stereocenters. The number of nitrogens with two attached hydrogens (primary N) is 1. The Hall–Kier alpha value is -1.96. The van der Waals surface area contributed by atoms with Crippen LogP contribution in [0, 0.1) is 29.5 Å². The number of amides is 1. The molecule has 0 aromatic heterocycles. The molecule has 8 heteroatoms. The van der Waals surface area contributed by atoms with Crippen LogP contribution in [0.1, 0.15) is 107 Å². The molecule has 39 heavy (non-hydrogen) atoms. The van der Waals surface area contributed by atoms with Gasteiger partial charge < -0.3 is 11.1 Å². The van der Waals surface area contributed by atoms with Crippen molar-refractivity contribution in [3.63, 3.8) is 0 Å². The molecule has 4 nitrogen and oxygen atoms in total. The predicted octanol–water partition coefficient (Wildman–Crippen LogP) is 6.83. The molecule has 2 bridgehead atoms. The minimum absolute atomic E-state index is 0.0125. The van der Waals surface area contributed by atoms with E-state index in [9.17, 15) is 27.2 Å². The number of nitrogens with one attached hydrogen (secondary N) is 1. The van der Waals surface area contributed by atoms with Crippen LogP contribution in [-0.4, -0.2) is 23.8 Å². The maximum absolute atomic E-state index is 14.9. The molecule has 5 unspecified atom stereocenters. The molecule has 5 aliphatic rings. The van der Waals surface area contributed by atoms with E-state index >= 15 is 0 Å². The zero-order valence-electron chi connectivity index (χ0n) is 22.7. The van der Waals surface area contributed by atoms with Crippen LogP contribution in [0.2, 0.25) is 0 Å². The average molecular weight is 551 g/mol. The molecule has 1 amide bonds. The van der Waals surface area contributed by atoms with Crippen LogP contribution in [0.3, 0.4) is 0 Å². The Morgan fingerprint density at radius 3 is 2.44 bits per heavy atom. The van der Waals surface area contributed by atoms with E-state index in [0.717, 1.165) is 57.1 Å². The van der Waals surface area contributed by atoms with Gasteiger partial charge in [0.15, 0.2) is 5.78 Å². The fourth-order valence-corrected chi connectivity index (χ4v) is 7.82. The largest absolute Gasteiger partial charge is 0.416 e. The average Bonchev–Trinajstić information content (AvgIpc) is 3.72. The molecule has 0 spiro atoms.